The van der Waals surface area contributed by atoms with E-state index in [-0.39, 0.29) is 24.3 Å². The van der Waals surface area contributed by atoms with Gasteiger partial charge in [-0.1, -0.05) is 34.3 Å². The van der Waals surface area contributed by atoms with Crippen molar-refractivity contribution in [3.8, 4) is 11.5 Å². The van der Waals surface area contributed by atoms with Crippen LogP contribution in [0.2, 0.25) is 0 Å². The van der Waals surface area contributed by atoms with Crippen molar-refractivity contribution >= 4 is 0 Å². The topological polar surface area (TPSA) is 18.5 Å². The fraction of sp³-hybridized carbons (Fsp3) is 0.538. The molecule has 1 aromatic carbocycles. The van der Waals surface area contributed by atoms with Crippen LogP contribution in [0.5, 0.6) is 11.5 Å². The molecule has 0 saturated heterocycles. The van der Waals surface area contributed by atoms with Crippen LogP contribution in [0.15, 0.2) is 18.2 Å². The van der Waals surface area contributed by atoms with E-state index in [9.17, 15) is 17.6 Å². The number of rotatable bonds is 0. The van der Waals surface area contributed by atoms with E-state index in [0.717, 1.165) is 0 Å². The molecule has 19 heavy (non-hydrogen) atoms. The highest BCUT2D eigenvalue weighted by Crippen LogP contribution is 2.47. The smallest absolute Gasteiger partial charge is 0.421 e. The van der Waals surface area contributed by atoms with Gasteiger partial charge in [0.1, 0.15) is 0 Å². The molecular weight excluding hydrogens is 264 g/mol. The molecular formula is C13H16F4O2. The second-order valence-electron chi connectivity index (χ2n) is 5.15. The monoisotopic (exact) mass is 280 g/mol. The van der Waals surface area contributed by atoms with Gasteiger partial charge in [-0.3, -0.25) is 0 Å². The van der Waals surface area contributed by atoms with E-state index in [0.29, 0.717) is 5.56 Å². The van der Waals surface area contributed by atoms with E-state index >= 15 is 0 Å². The third-order valence-electron chi connectivity index (χ3n) is 2.62. The molecule has 1 aliphatic rings. The quantitative estimate of drug-likeness (QED) is 0.648. The predicted molar refractivity (Wildman–Crippen MR) is 63.0 cm³/mol. The third kappa shape index (κ3) is 2.62. The van der Waals surface area contributed by atoms with Gasteiger partial charge in [0.05, 0.1) is 0 Å². The molecule has 0 saturated carbocycles. The third-order valence-corrected chi connectivity index (χ3v) is 2.62. The number of fused-ring (bicyclic) bond motifs is 1. The normalized spacial score (nSPS) is 19.5. The van der Waals surface area contributed by atoms with Gasteiger partial charge in [0.15, 0.2) is 11.5 Å². The average Bonchev–Trinajstić information content (AvgIpc) is 2.16. The maximum Gasteiger partial charge on any atom is 0.507 e. The van der Waals surface area contributed by atoms with Gasteiger partial charge in [0.2, 0.25) is 0 Å². The molecule has 0 N–H and O–H groups in total. The fourth-order valence-corrected chi connectivity index (χ4v) is 1.53. The van der Waals surface area contributed by atoms with Crippen LogP contribution < -0.4 is 9.47 Å². The second kappa shape index (κ2) is 4.28. The summed E-state index contributed by atoms with van der Waals surface area (Å²) in [6.45, 7) is 5.60. The predicted octanol–water partition coefficient (Wildman–Crippen LogP) is 4.58. The Balaban J connectivity index is 0.00000180. The van der Waals surface area contributed by atoms with Crippen LogP contribution in [0.1, 0.15) is 33.8 Å². The highest BCUT2D eigenvalue weighted by Gasteiger charge is 2.65. The Morgan fingerprint density at radius 2 is 1.37 bits per heavy atom. The summed E-state index contributed by atoms with van der Waals surface area (Å²) in [6, 6.07) is 4.04. The molecule has 0 fully saturated rings. The van der Waals surface area contributed by atoms with Crippen molar-refractivity contribution in [3.05, 3.63) is 23.8 Å². The van der Waals surface area contributed by atoms with Crippen LogP contribution in [0.3, 0.4) is 0 Å². The Kier molecular flexibility index (Phi) is 3.52. The van der Waals surface area contributed by atoms with E-state index in [1.54, 1.807) is 6.07 Å². The number of benzene rings is 1. The summed E-state index contributed by atoms with van der Waals surface area (Å²) in [5.41, 5.74) is 0.374. The average molecular weight is 280 g/mol. The first-order valence-electron chi connectivity index (χ1n) is 5.31. The van der Waals surface area contributed by atoms with Crippen LogP contribution in [0.4, 0.5) is 17.6 Å². The minimum atomic E-state index is -4.67. The minimum Gasteiger partial charge on any atom is -0.421 e. The van der Waals surface area contributed by atoms with Crippen molar-refractivity contribution in [2.24, 2.45) is 0 Å². The van der Waals surface area contributed by atoms with Crippen LogP contribution in [0, 0.1) is 0 Å². The van der Waals surface area contributed by atoms with Crippen molar-refractivity contribution < 1.29 is 27.0 Å². The SMILES string of the molecule is C.CC(C)(C)c1ccc2c(c1)OC(F)(F)C(F)(F)O2. The molecule has 0 amide bonds. The van der Waals surface area contributed by atoms with Gasteiger partial charge in [-0.2, -0.15) is 17.6 Å². The first-order chi connectivity index (χ1) is 8.03. The number of hydrogen-bond acceptors (Lipinski definition) is 2. The summed E-state index contributed by atoms with van der Waals surface area (Å²) in [5, 5.41) is 0. The highest BCUT2D eigenvalue weighted by atomic mass is 19.3. The molecule has 0 aliphatic carbocycles. The lowest BCUT2D eigenvalue weighted by Gasteiger charge is -2.32. The van der Waals surface area contributed by atoms with Crippen molar-refractivity contribution in [2.45, 2.75) is 45.8 Å². The lowest BCUT2D eigenvalue weighted by atomic mass is 9.87. The molecule has 1 aliphatic heterocycles. The van der Waals surface area contributed by atoms with Gasteiger partial charge < -0.3 is 9.47 Å². The maximum atomic E-state index is 13.0. The molecule has 2 nitrogen and oxygen atoms in total. The molecule has 2 rings (SSSR count). The molecule has 0 bridgehead atoms. The first-order valence-corrected chi connectivity index (χ1v) is 5.31. The van der Waals surface area contributed by atoms with E-state index in [1.807, 2.05) is 20.8 Å². The van der Waals surface area contributed by atoms with Gasteiger partial charge >= 0.3 is 12.2 Å². The lowest BCUT2D eigenvalue weighted by Crippen LogP contribution is -2.52. The van der Waals surface area contributed by atoms with E-state index in [1.165, 1.54) is 12.1 Å². The Morgan fingerprint density at radius 1 is 0.895 bits per heavy atom. The Morgan fingerprint density at radius 3 is 1.84 bits per heavy atom. The summed E-state index contributed by atoms with van der Waals surface area (Å²) < 4.78 is 59.8. The van der Waals surface area contributed by atoms with Crippen LogP contribution in [-0.2, 0) is 5.41 Å². The van der Waals surface area contributed by atoms with Gasteiger partial charge in [-0.05, 0) is 23.1 Å². The van der Waals surface area contributed by atoms with E-state index in [2.05, 4.69) is 9.47 Å². The van der Waals surface area contributed by atoms with Gasteiger partial charge in [0.25, 0.3) is 0 Å². The largest absolute Gasteiger partial charge is 0.507 e. The Bertz CT molecular complexity index is 478. The summed E-state index contributed by atoms with van der Waals surface area (Å²) in [5.74, 6) is -0.766. The number of ether oxygens (including phenoxy) is 2. The minimum absolute atomic E-state index is 0. The van der Waals surface area contributed by atoms with Crippen LogP contribution >= 0.6 is 0 Å². The molecule has 0 aromatic heterocycles. The maximum absolute atomic E-state index is 13.0. The lowest BCUT2D eigenvalue weighted by molar-refractivity contribution is -0.391. The number of alkyl halides is 4. The Hall–Kier alpha value is -1.46. The van der Waals surface area contributed by atoms with E-state index < -0.39 is 12.2 Å². The standard InChI is InChI=1S/C12H12F4O2.CH4/c1-10(2,3)7-4-5-8-9(6-7)18-12(15,16)11(13,14)17-8;/h4-6H,1-3H3;1H4. The van der Waals surface area contributed by atoms with Crippen LogP contribution in [0.25, 0.3) is 0 Å². The number of halogens is 4. The van der Waals surface area contributed by atoms with Crippen LogP contribution in [-0.4, -0.2) is 12.2 Å². The molecule has 0 spiro atoms. The van der Waals surface area contributed by atoms with Crippen molar-refractivity contribution in [1.29, 1.82) is 0 Å². The number of hydrogen-bond donors (Lipinski definition) is 0. The van der Waals surface area contributed by atoms with Crippen molar-refractivity contribution in [2.75, 3.05) is 0 Å². The van der Waals surface area contributed by atoms with Crippen molar-refractivity contribution in [1.82, 2.24) is 0 Å². The summed E-state index contributed by atoms with van der Waals surface area (Å²) >= 11 is 0. The zero-order chi connectivity index (χ0) is 13.8. The van der Waals surface area contributed by atoms with Gasteiger partial charge in [-0.15, -0.1) is 0 Å². The fourth-order valence-electron chi connectivity index (χ4n) is 1.53. The zero-order valence-electron chi connectivity index (χ0n) is 10.1. The second-order valence-corrected chi connectivity index (χ2v) is 5.15. The van der Waals surface area contributed by atoms with Gasteiger partial charge in [-0.25, -0.2) is 0 Å². The molecule has 1 aromatic rings. The van der Waals surface area contributed by atoms with Crippen molar-refractivity contribution in [3.63, 3.8) is 0 Å². The summed E-state index contributed by atoms with van der Waals surface area (Å²) in [4.78, 5) is 0. The zero-order valence-corrected chi connectivity index (χ0v) is 10.1. The summed E-state index contributed by atoms with van der Waals surface area (Å²) in [7, 11) is 0. The van der Waals surface area contributed by atoms with E-state index in [4.69, 9.17) is 0 Å². The van der Waals surface area contributed by atoms with Gasteiger partial charge in [0, 0.05) is 0 Å². The molecule has 108 valence electrons. The molecule has 0 atom stereocenters. The molecule has 0 unspecified atom stereocenters. The summed E-state index contributed by atoms with van der Waals surface area (Å²) in [6.07, 6.45) is -9.33. The molecule has 0 radical (unpaired) electrons. The molecule has 1 heterocycles. The first kappa shape index (κ1) is 15.6. The Labute approximate surface area is 109 Å². The molecule has 6 heteroatoms. The highest BCUT2D eigenvalue weighted by molar-refractivity contribution is 5.46.